The molecule has 4 atom stereocenters. The Hall–Kier alpha value is -2.37. The van der Waals surface area contributed by atoms with E-state index in [1.807, 2.05) is 0 Å². The summed E-state index contributed by atoms with van der Waals surface area (Å²) in [6, 6.07) is 3.46. The average Bonchev–Trinajstić information content (AvgIpc) is 2.89. The summed E-state index contributed by atoms with van der Waals surface area (Å²) >= 11 is 0. The van der Waals surface area contributed by atoms with E-state index in [-0.39, 0.29) is 11.4 Å². The number of aromatic carboxylic acids is 1. The van der Waals surface area contributed by atoms with Crippen molar-refractivity contribution in [2.75, 3.05) is 12.3 Å². The van der Waals surface area contributed by atoms with Crippen LogP contribution in [0.1, 0.15) is 29.6 Å². The van der Waals surface area contributed by atoms with Gasteiger partial charge < -0.3 is 34.5 Å². The van der Waals surface area contributed by atoms with Gasteiger partial charge in [-0.1, -0.05) is 0 Å². The summed E-state index contributed by atoms with van der Waals surface area (Å²) in [7, 11) is 85.0. The summed E-state index contributed by atoms with van der Waals surface area (Å²) in [5, 5.41) is -4.18. The second kappa shape index (κ2) is 15.7. The van der Waals surface area contributed by atoms with Crippen LogP contribution in [0.2, 0.25) is 31.0 Å². The van der Waals surface area contributed by atoms with Gasteiger partial charge in [0.2, 0.25) is 12.4 Å². The van der Waals surface area contributed by atoms with Crippen molar-refractivity contribution in [1.29, 1.82) is 0 Å². The Bertz CT molecular complexity index is 1430. The molecule has 1 aliphatic rings. The highest BCUT2D eigenvalue weighted by atomic mass is 16.7. The zero-order valence-corrected chi connectivity index (χ0v) is 26.7. The van der Waals surface area contributed by atoms with Gasteiger partial charge in [-0.2, -0.15) is 0 Å². The van der Waals surface area contributed by atoms with E-state index in [1.54, 1.807) is 0 Å². The number of hydrogen-bond donors (Lipinski definition) is 2. The molecule has 0 unspecified atom stereocenters. The number of carbonyl (C=O) groups is 4. The fourth-order valence-corrected chi connectivity index (χ4v) is 3.93. The van der Waals surface area contributed by atoms with Crippen LogP contribution in [-0.4, -0.2) is 178 Å². The van der Waals surface area contributed by atoms with Crippen LogP contribution in [0.15, 0.2) is 18.2 Å². The van der Waals surface area contributed by atoms with E-state index < -0.39 is 111 Å². The van der Waals surface area contributed by atoms with Gasteiger partial charge in [0.05, 0.1) is 53.7 Å². The van der Waals surface area contributed by atoms with Gasteiger partial charge in [-0.15, -0.1) is 31.0 Å². The first-order valence-corrected chi connectivity index (χ1v) is 14.2. The molecule has 1 aliphatic heterocycles. The van der Waals surface area contributed by atoms with Crippen molar-refractivity contribution in [3.05, 3.63) is 23.8 Å². The number of nitrogen functional groups attached to an aromatic ring is 1. The van der Waals surface area contributed by atoms with Crippen molar-refractivity contribution in [3.8, 4) is 5.75 Å². The van der Waals surface area contributed by atoms with E-state index in [0.29, 0.717) is 0 Å². The molecule has 1 aromatic rings. The third-order valence-electron chi connectivity index (χ3n) is 7.41. The van der Waals surface area contributed by atoms with Crippen molar-refractivity contribution >= 4 is 147 Å². The van der Waals surface area contributed by atoms with Crippen LogP contribution in [0.3, 0.4) is 0 Å². The second-order valence-corrected chi connectivity index (χ2v) is 12.3. The third-order valence-corrected chi connectivity index (χ3v) is 7.41. The summed E-state index contributed by atoms with van der Waals surface area (Å²) in [6.07, 6.45) is -10.4. The molecule has 3 N–H and O–H groups in total. The van der Waals surface area contributed by atoms with E-state index >= 15 is 0 Å². The molecule has 30 radical (unpaired) electrons. The first kappa shape index (κ1) is 43.8. The predicted molar refractivity (Wildman–Crippen MR) is 194 cm³/mol. The molecule has 0 spiro atoms. The number of ether oxygens (including phenoxy) is 5. The molecule has 2 rings (SSSR count). The highest BCUT2D eigenvalue weighted by Crippen LogP contribution is 2.44. The van der Waals surface area contributed by atoms with E-state index in [2.05, 4.69) is 0 Å². The second-order valence-electron chi connectivity index (χ2n) is 12.3. The molecule has 1 saturated heterocycles. The molecule has 1 fully saturated rings. The molecule has 224 valence electrons. The maximum absolute atomic E-state index is 13.2. The Morgan fingerprint density at radius 3 is 1.48 bits per heavy atom. The molecule has 1 heterocycles. The van der Waals surface area contributed by atoms with E-state index in [9.17, 15) is 24.3 Å². The van der Waals surface area contributed by atoms with E-state index in [1.165, 1.54) is 6.07 Å². The summed E-state index contributed by atoms with van der Waals surface area (Å²) in [4.78, 5) is 51.4. The standard InChI is InChI=1S/C24H18B15NO10/c25-19(26,22(31,32)33)4-12(41)47-11-7-46-18(48-10-2-1-8(40)3-9(10)17(44)45)16(50-14(43)6-21(29,30)24(37,38)39)15(11)49-13(42)5-20(27,28)23(34,35)36/h1-3,11,15-16,18H,4-7,40H2,(H,44,45)/t11-,15+,16-,18+/m1/s1. The normalized spacial score (nSPS) is 20.6. The quantitative estimate of drug-likeness (QED) is 0.0825. The predicted octanol–water partition coefficient (Wildman–Crippen LogP) is -4.29. The van der Waals surface area contributed by atoms with Crippen LogP contribution in [-0.2, 0) is 33.3 Å². The van der Waals surface area contributed by atoms with Crippen LogP contribution in [0, 0.1) is 0 Å². The topological polar surface area (TPSA) is 161 Å². The van der Waals surface area contributed by atoms with Crippen LogP contribution < -0.4 is 10.5 Å². The van der Waals surface area contributed by atoms with E-state index in [0.717, 1.165) is 12.1 Å². The maximum atomic E-state index is 13.2. The summed E-state index contributed by atoms with van der Waals surface area (Å²) < 4.78 is 27.8. The van der Waals surface area contributed by atoms with Crippen LogP contribution >= 0.6 is 0 Å². The Kier molecular flexibility index (Phi) is 13.8. The number of carboxylic acid groups (broad SMARTS) is 1. The van der Waals surface area contributed by atoms with Crippen molar-refractivity contribution in [1.82, 2.24) is 0 Å². The summed E-state index contributed by atoms with van der Waals surface area (Å²) in [6.45, 7) is -0.707. The largest absolute Gasteiger partial charge is 0.478 e. The smallest absolute Gasteiger partial charge is 0.339 e. The first-order valence-electron chi connectivity index (χ1n) is 14.2. The number of esters is 3. The van der Waals surface area contributed by atoms with Crippen molar-refractivity contribution in [2.24, 2.45) is 0 Å². The molecule has 0 aliphatic carbocycles. The summed E-state index contributed by atoms with van der Waals surface area (Å²) in [5.41, 5.74) is 5.27. The van der Waals surface area contributed by atoms with Gasteiger partial charge in [-0.05, 0) is 18.2 Å². The lowest BCUT2D eigenvalue weighted by Crippen LogP contribution is -2.59. The fourth-order valence-electron chi connectivity index (χ4n) is 3.93. The van der Waals surface area contributed by atoms with Gasteiger partial charge >= 0.3 is 23.9 Å². The minimum Gasteiger partial charge on any atom is -0.478 e. The molecule has 0 aromatic heterocycles. The minimum absolute atomic E-state index is 0.0346. The van der Waals surface area contributed by atoms with Crippen LogP contribution in [0.4, 0.5) is 5.69 Å². The van der Waals surface area contributed by atoms with Gasteiger partial charge in [-0.3, -0.25) is 14.4 Å². The lowest BCUT2D eigenvalue weighted by molar-refractivity contribution is -0.261. The third kappa shape index (κ3) is 11.3. The Labute approximate surface area is 311 Å². The molecule has 0 amide bonds. The Balaban J connectivity index is 2.64. The molecule has 11 nitrogen and oxygen atoms in total. The fraction of sp³-hybridized carbons (Fsp3) is 0.583. The Morgan fingerprint density at radius 2 is 1.08 bits per heavy atom. The number of carbonyl (C=O) groups excluding carboxylic acids is 3. The molecular formula is C24H18B15NO10. The van der Waals surface area contributed by atoms with Gasteiger partial charge in [0.25, 0.3) is 0 Å². The molecular weight excluding hydrogens is 624 g/mol. The highest BCUT2D eigenvalue weighted by Gasteiger charge is 2.50. The zero-order valence-electron chi connectivity index (χ0n) is 26.7. The van der Waals surface area contributed by atoms with Crippen LogP contribution in [0.25, 0.3) is 0 Å². The number of nitrogens with two attached hydrogens (primary N) is 1. The molecule has 0 saturated carbocycles. The lowest BCUT2D eigenvalue weighted by atomic mass is 9.22. The van der Waals surface area contributed by atoms with Crippen molar-refractivity contribution in [2.45, 2.75) is 74.8 Å². The van der Waals surface area contributed by atoms with Crippen molar-refractivity contribution < 1.29 is 48.0 Å². The molecule has 50 heavy (non-hydrogen) atoms. The minimum atomic E-state index is -2.35. The Morgan fingerprint density at radius 1 is 0.680 bits per heavy atom. The monoisotopic (exact) mass is 645 g/mol. The highest BCUT2D eigenvalue weighted by molar-refractivity contribution is 6.68. The maximum Gasteiger partial charge on any atom is 0.339 e. The van der Waals surface area contributed by atoms with Gasteiger partial charge in [0.15, 0.2) is 12.2 Å². The first-order chi connectivity index (χ1) is 22.4. The average molecular weight is 643 g/mol. The van der Waals surface area contributed by atoms with Gasteiger partial charge in [0.1, 0.15) is 11.3 Å². The van der Waals surface area contributed by atoms with E-state index in [4.69, 9.17) is 147 Å². The molecule has 0 bridgehead atoms. The zero-order chi connectivity index (χ0) is 38.8. The SMILES string of the molecule is [B]C([B])([B])C([B])([B])CC(=O)O[C@@H]1[C@@H](OC(=O)CC([B])([B])C([B])([B])[B])[C@H](Oc2ccc(N)cc2C(=O)O)OC[C@H]1OC(=O)CC([B])([B])C([B])([B])[B]. The van der Waals surface area contributed by atoms with Gasteiger partial charge in [-0.25, -0.2) is 4.79 Å². The number of benzene rings is 1. The molecule has 26 heteroatoms. The lowest BCUT2D eigenvalue weighted by Gasteiger charge is -2.44. The number of hydrogen-bond acceptors (Lipinski definition) is 10. The number of rotatable bonds is 15. The number of anilines is 1. The van der Waals surface area contributed by atoms with Crippen molar-refractivity contribution in [3.63, 3.8) is 0 Å². The molecule has 1 aromatic carbocycles. The summed E-state index contributed by atoms with van der Waals surface area (Å²) in [5.74, 6) is -5.72. The van der Waals surface area contributed by atoms with Gasteiger partial charge in [0, 0.05) is 95.6 Å². The van der Waals surface area contributed by atoms with Crippen LogP contribution in [0.5, 0.6) is 5.75 Å². The number of carboxylic acids is 1.